The lowest BCUT2D eigenvalue weighted by Crippen LogP contribution is -2.42. The molecular formula is C20H32N2O3. The fraction of sp³-hybridized carbons (Fsp3) is 0.650. The van der Waals surface area contributed by atoms with Crippen molar-refractivity contribution in [2.24, 2.45) is 0 Å². The number of hydrogen-bond donors (Lipinski definition) is 2. The molecule has 1 fully saturated rings. The molecular weight excluding hydrogens is 316 g/mol. The van der Waals surface area contributed by atoms with Crippen molar-refractivity contribution in [1.82, 2.24) is 10.6 Å². The number of nitrogens with one attached hydrogen (secondary N) is 2. The van der Waals surface area contributed by atoms with Gasteiger partial charge in [-0.2, -0.15) is 0 Å². The summed E-state index contributed by atoms with van der Waals surface area (Å²) in [6.07, 6.45) is 8.36. The number of rotatable bonds is 9. The molecule has 1 aliphatic rings. The number of urea groups is 1. The Labute approximate surface area is 151 Å². The van der Waals surface area contributed by atoms with Crippen molar-refractivity contribution < 1.29 is 14.3 Å². The number of methoxy groups -OCH3 is 1. The summed E-state index contributed by atoms with van der Waals surface area (Å²) in [5.41, 5.74) is 1.15. The van der Waals surface area contributed by atoms with Crippen molar-refractivity contribution in [3.05, 3.63) is 29.8 Å². The first-order valence-electron chi connectivity index (χ1n) is 9.46. The lowest BCUT2D eigenvalue weighted by molar-refractivity contribution is 0.0275. The van der Waals surface area contributed by atoms with Gasteiger partial charge in [-0.05, 0) is 50.3 Å². The van der Waals surface area contributed by atoms with E-state index in [9.17, 15) is 4.79 Å². The van der Waals surface area contributed by atoms with Gasteiger partial charge in [0.05, 0.1) is 13.2 Å². The summed E-state index contributed by atoms with van der Waals surface area (Å²) in [5.74, 6) is 0.840. The molecule has 25 heavy (non-hydrogen) atoms. The minimum atomic E-state index is -0.118. The second-order valence-corrected chi connectivity index (χ2v) is 6.84. The van der Waals surface area contributed by atoms with E-state index in [1.165, 1.54) is 32.1 Å². The van der Waals surface area contributed by atoms with Crippen LogP contribution in [0.2, 0.25) is 0 Å². The van der Waals surface area contributed by atoms with Crippen LogP contribution in [0.4, 0.5) is 4.79 Å². The van der Waals surface area contributed by atoms with Gasteiger partial charge >= 0.3 is 6.03 Å². The van der Waals surface area contributed by atoms with Crippen molar-refractivity contribution in [2.75, 3.05) is 20.3 Å². The van der Waals surface area contributed by atoms with Gasteiger partial charge in [-0.3, -0.25) is 0 Å². The molecule has 0 radical (unpaired) electrons. The van der Waals surface area contributed by atoms with Crippen LogP contribution >= 0.6 is 0 Å². The lowest BCUT2D eigenvalue weighted by atomic mass is 9.98. The first-order chi connectivity index (χ1) is 12.2. The largest absolute Gasteiger partial charge is 0.497 e. The normalized spacial score (nSPS) is 16.2. The standard InChI is InChI=1S/C20H32N2O3/c1-16(14-17-8-6-11-19(15-17)24-2)22-20(23)21-12-7-13-25-18-9-4-3-5-10-18/h6,8,11,15-16,18H,3-5,7,9-10,12-14H2,1-2H3,(H2,21,22,23). The molecule has 0 aromatic heterocycles. The topological polar surface area (TPSA) is 59.6 Å². The number of ether oxygens (including phenoxy) is 2. The number of hydrogen-bond acceptors (Lipinski definition) is 3. The molecule has 1 aromatic carbocycles. The van der Waals surface area contributed by atoms with Crippen LogP contribution in [0.15, 0.2) is 24.3 Å². The van der Waals surface area contributed by atoms with Crippen LogP contribution in [0, 0.1) is 0 Å². The first-order valence-corrected chi connectivity index (χ1v) is 9.46. The van der Waals surface area contributed by atoms with Crippen molar-refractivity contribution in [3.8, 4) is 5.75 Å². The molecule has 0 heterocycles. The summed E-state index contributed by atoms with van der Waals surface area (Å²) in [6, 6.07) is 7.87. The number of carbonyl (C=O) groups is 1. The van der Waals surface area contributed by atoms with E-state index in [4.69, 9.17) is 9.47 Å². The Morgan fingerprint density at radius 2 is 2.08 bits per heavy atom. The average Bonchev–Trinajstić information content (AvgIpc) is 2.62. The highest BCUT2D eigenvalue weighted by molar-refractivity contribution is 5.74. The lowest BCUT2D eigenvalue weighted by Gasteiger charge is -2.22. The zero-order valence-corrected chi connectivity index (χ0v) is 15.6. The van der Waals surface area contributed by atoms with Crippen molar-refractivity contribution in [2.45, 2.75) is 64.0 Å². The molecule has 0 aliphatic heterocycles. The van der Waals surface area contributed by atoms with Crippen LogP contribution < -0.4 is 15.4 Å². The second kappa shape index (κ2) is 11.0. The molecule has 0 saturated heterocycles. The van der Waals surface area contributed by atoms with Gasteiger partial charge in [0.2, 0.25) is 0 Å². The molecule has 2 N–H and O–H groups in total. The Hall–Kier alpha value is -1.75. The summed E-state index contributed by atoms with van der Waals surface area (Å²) in [5, 5.41) is 5.88. The van der Waals surface area contributed by atoms with E-state index in [0.717, 1.165) is 30.8 Å². The Balaban J connectivity index is 1.56. The van der Waals surface area contributed by atoms with Gasteiger partial charge in [0, 0.05) is 19.2 Å². The first kappa shape index (κ1) is 19.6. The summed E-state index contributed by atoms with van der Waals surface area (Å²) in [6.45, 7) is 3.37. The van der Waals surface area contributed by atoms with Gasteiger partial charge in [-0.25, -0.2) is 4.79 Å². The van der Waals surface area contributed by atoms with Crippen LogP contribution in [-0.4, -0.2) is 38.4 Å². The fourth-order valence-corrected chi connectivity index (χ4v) is 3.23. The molecule has 1 atom stereocenters. The van der Waals surface area contributed by atoms with Crippen molar-refractivity contribution >= 4 is 6.03 Å². The third kappa shape index (κ3) is 7.78. The number of benzene rings is 1. The predicted octanol–water partition coefficient (Wildman–Crippen LogP) is 3.66. The SMILES string of the molecule is COc1cccc(CC(C)NC(=O)NCCCOC2CCCCC2)c1. The van der Waals surface area contributed by atoms with Crippen LogP contribution in [0.3, 0.4) is 0 Å². The molecule has 1 aromatic rings. The van der Waals surface area contributed by atoms with Crippen LogP contribution in [0.5, 0.6) is 5.75 Å². The summed E-state index contributed by atoms with van der Waals surface area (Å²) < 4.78 is 11.1. The minimum absolute atomic E-state index is 0.0607. The summed E-state index contributed by atoms with van der Waals surface area (Å²) in [4.78, 5) is 11.9. The van der Waals surface area contributed by atoms with E-state index in [1.807, 2.05) is 31.2 Å². The van der Waals surface area contributed by atoms with E-state index in [2.05, 4.69) is 10.6 Å². The highest BCUT2D eigenvalue weighted by atomic mass is 16.5. The Morgan fingerprint density at radius 1 is 1.28 bits per heavy atom. The minimum Gasteiger partial charge on any atom is -0.497 e. The summed E-state index contributed by atoms with van der Waals surface area (Å²) in [7, 11) is 1.66. The van der Waals surface area contributed by atoms with Gasteiger partial charge in [0.25, 0.3) is 0 Å². The Kier molecular flexibility index (Phi) is 8.60. The van der Waals surface area contributed by atoms with Gasteiger partial charge in [-0.1, -0.05) is 31.4 Å². The van der Waals surface area contributed by atoms with E-state index < -0.39 is 0 Å². The molecule has 1 saturated carbocycles. The second-order valence-electron chi connectivity index (χ2n) is 6.84. The zero-order valence-electron chi connectivity index (χ0n) is 15.6. The van der Waals surface area contributed by atoms with Crippen LogP contribution in [-0.2, 0) is 11.2 Å². The molecule has 1 unspecified atom stereocenters. The van der Waals surface area contributed by atoms with Crippen molar-refractivity contribution in [3.63, 3.8) is 0 Å². The molecule has 0 bridgehead atoms. The summed E-state index contributed by atoms with van der Waals surface area (Å²) >= 11 is 0. The highest BCUT2D eigenvalue weighted by Gasteiger charge is 2.13. The maximum Gasteiger partial charge on any atom is 0.315 e. The van der Waals surface area contributed by atoms with Gasteiger partial charge in [-0.15, -0.1) is 0 Å². The molecule has 5 heteroatoms. The fourth-order valence-electron chi connectivity index (χ4n) is 3.23. The van der Waals surface area contributed by atoms with Gasteiger partial charge in [0.15, 0.2) is 0 Å². The smallest absolute Gasteiger partial charge is 0.315 e. The van der Waals surface area contributed by atoms with Crippen LogP contribution in [0.1, 0.15) is 51.0 Å². The molecule has 140 valence electrons. The maximum atomic E-state index is 11.9. The van der Waals surface area contributed by atoms with E-state index >= 15 is 0 Å². The number of carbonyl (C=O) groups excluding carboxylic acids is 1. The van der Waals surface area contributed by atoms with Crippen LogP contribution in [0.25, 0.3) is 0 Å². The monoisotopic (exact) mass is 348 g/mol. The molecule has 2 amide bonds. The van der Waals surface area contributed by atoms with E-state index in [-0.39, 0.29) is 12.1 Å². The van der Waals surface area contributed by atoms with E-state index in [0.29, 0.717) is 12.6 Å². The van der Waals surface area contributed by atoms with Gasteiger partial charge in [0.1, 0.15) is 5.75 Å². The Bertz CT molecular complexity index is 515. The quantitative estimate of drug-likeness (QED) is 0.670. The number of amides is 2. The third-order valence-corrected chi connectivity index (χ3v) is 4.57. The van der Waals surface area contributed by atoms with E-state index in [1.54, 1.807) is 7.11 Å². The average molecular weight is 348 g/mol. The maximum absolute atomic E-state index is 11.9. The third-order valence-electron chi connectivity index (χ3n) is 4.57. The molecule has 1 aliphatic carbocycles. The molecule has 0 spiro atoms. The predicted molar refractivity (Wildman–Crippen MR) is 100 cm³/mol. The zero-order chi connectivity index (χ0) is 17.9. The van der Waals surface area contributed by atoms with Gasteiger partial charge < -0.3 is 20.1 Å². The Morgan fingerprint density at radius 3 is 2.84 bits per heavy atom. The molecule has 2 rings (SSSR count). The molecule has 5 nitrogen and oxygen atoms in total. The van der Waals surface area contributed by atoms with Crippen molar-refractivity contribution in [1.29, 1.82) is 0 Å². The highest BCUT2D eigenvalue weighted by Crippen LogP contribution is 2.20.